The number of hydrogen-bond acceptors (Lipinski definition) is 1. The summed E-state index contributed by atoms with van der Waals surface area (Å²) in [5, 5.41) is 4.47. The first kappa shape index (κ1) is 15.3. The van der Waals surface area contributed by atoms with Crippen molar-refractivity contribution >= 4 is 34.2 Å². The molecule has 0 aliphatic rings. The molecule has 96 valence electrons. The van der Waals surface area contributed by atoms with Crippen molar-refractivity contribution in [3.63, 3.8) is 0 Å². The highest BCUT2D eigenvalue weighted by atomic mass is 127. The molecule has 17 heavy (non-hydrogen) atoms. The maximum Gasteiger partial charge on any atom is 0.0542 e. The zero-order valence-electron chi connectivity index (χ0n) is 10.6. The van der Waals surface area contributed by atoms with Gasteiger partial charge in [0.1, 0.15) is 0 Å². The lowest BCUT2D eigenvalue weighted by molar-refractivity contribution is 0.481. The monoisotopic (exact) mass is 365 g/mol. The summed E-state index contributed by atoms with van der Waals surface area (Å²) in [6.07, 6.45) is 4.85. The first-order valence-corrected chi connectivity index (χ1v) is 7.83. The van der Waals surface area contributed by atoms with Crippen LogP contribution in [0.25, 0.3) is 0 Å². The van der Waals surface area contributed by atoms with Crippen molar-refractivity contribution in [2.45, 2.75) is 45.6 Å². The molecule has 1 rings (SSSR count). The van der Waals surface area contributed by atoms with Crippen molar-refractivity contribution < 1.29 is 0 Å². The van der Waals surface area contributed by atoms with E-state index >= 15 is 0 Å². The summed E-state index contributed by atoms with van der Waals surface area (Å²) < 4.78 is 1.12. The van der Waals surface area contributed by atoms with Gasteiger partial charge in [-0.2, -0.15) is 0 Å². The molecule has 0 bridgehead atoms. The average Bonchev–Trinajstić information content (AvgIpc) is 2.33. The average molecular weight is 366 g/mol. The second-order valence-corrected chi connectivity index (χ2v) is 5.89. The SMILES string of the molecule is CCCCC(NCCC)c1ccc(I)c(Cl)c1. The second kappa shape index (κ2) is 8.33. The van der Waals surface area contributed by atoms with E-state index in [-0.39, 0.29) is 0 Å². The normalized spacial score (nSPS) is 12.7. The lowest BCUT2D eigenvalue weighted by atomic mass is 10.0. The molecule has 1 aromatic carbocycles. The minimum atomic E-state index is 0.449. The zero-order chi connectivity index (χ0) is 12.7. The smallest absolute Gasteiger partial charge is 0.0542 e. The van der Waals surface area contributed by atoms with Crippen LogP contribution in [0.4, 0.5) is 0 Å². The Kier molecular flexibility index (Phi) is 7.47. The molecular formula is C14H21ClIN. The van der Waals surface area contributed by atoms with Crippen LogP contribution in [0.1, 0.15) is 51.1 Å². The fourth-order valence-electron chi connectivity index (χ4n) is 1.84. The molecule has 0 heterocycles. The minimum Gasteiger partial charge on any atom is -0.310 e. The van der Waals surface area contributed by atoms with Crippen LogP contribution in [0, 0.1) is 3.57 Å². The van der Waals surface area contributed by atoms with Gasteiger partial charge in [0.25, 0.3) is 0 Å². The van der Waals surface area contributed by atoms with E-state index in [1.54, 1.807) is 0 Å². The minimum absolute atomic E-state index is 0.449. The Morgan fingerprint density at radius 3 is 2.65 bits per heavy atom. The van der Waals surface area contributed by atoms with Gasteiger partial charge < -0.3 is 5.32 Å². The van der Waals surface area contributed by atoms with Crippen LogP contribution in [0.2, 0.25) is 5.02 Å². The van der Waals surface area contributed by atoms with Crippen LogP contribution < -0.4 is 5.32 Å². The molecule has 0 aliphatic carbocycles. The molecule has 0 fully saturated rings. The van der Waals surface area contributed by atoms with E-state index in [9.17, 15) is 0 Å². The highest BCUT2D eigenvalue weighted by molar-refractivity contribution is 14.1. The Hall–Kier alpha value is 0.200. The summed E-state index contributed by atoms with van der Waals surface area (Å²) in [7, 11) is 0. The Balaban J connectivity index is 2.75. The van der Waals surface area contributed by atoms with Crippen LogP contribution in [-0.4, -0.2) is 6.54 Å². The molecule has 1 N–H and O–H groups in total. The Bertz CT molecular complexity index is 333. The van der Waals surface area contributed by atoms with Crippen molar-refractivity contribution in [3.8, 4) is 0 Å². The van der Waals surface area contributed by atoms with Crippen molar-refractivity contribution in [2.24, 2.45) is 0 Å². The van der Waals surface area contributed by atoms with Gasteiger partial charge in [-0.15, -0.1) is 0 Å². The Morgan fingerprint density at radius 1 is 1.29 bits per heavy atom. The fraction of sp³-hybridized carbons (Fsp3) is 0.571. The molecule has 0 aromatic heterocycles. The molecule has 0 saturated carbocycles. The highest BCUT2D eigenvalue weighted by Gasteiger charge is 2.11. The van der Waals surface area contributed by atoms with E-state index in [4.69, 9.17) is 11.6 Å². The third kappa shape index (κ3) is 5.14. The molecule has 1 unspecified atom stereocenters. The number of nitrogens with one attached hydrogen (secondary N) is 1. The van der Waals surface area contributed by atoms with Gasteiger partial charge in [-0.25, -0.2) is 0 Å². The van der Waals surface area contributed by atoms with Crippen molar-refractivity contribution in [1.29, 1.82) is 0 Å². The standard InChI is InChI=1S/C14H21ClIN/c1-3-5-6-14(17-9-4-2)11-7-8-13(16)12(15)10-11/h7-8,10,14,17H,3-6,9H2,1-2H3. The highest BCUT2D eigenvalue weighted by Crippen LogP contribution is 2.26. The van der Waals surface area contributed by atoms with E-state index in [1.165, 1.54) is 31.2 Å². The van der Waals surface area contributed by atoms with Gasteiger partial charge in [-0.05, 0) is 59.7 Å². The van der Waals surface area contributed by atoms with E-state index in [1.807, 2.05) is 0 Å². The largest absolute Gasteiger partial charge is 0.310 e. The van der Waals surface area contributed by atoms with Crippen LogP contribution in [0.5, 0.6) is 0 Å². The first-order chi connectivity index (χ1) is 8.19. The first-order valence-electron chi connectivity index (χ1n) is 6.37. The van der Waals surface area contributed by atoms with Crippen LogP contribution in [0.3, 0.4) is 0 Å². The predicted molar refractivity (Wildman–Crippen MR) is 84.7 cm³/mol. The van der Waals surface area contributed by atoms with Crippen molar-refractivity contribution in [3.05, 3.63) is 32.4 Å². The van der Waals surface area contributed by atoms with Gasteiger partial charge in [0.15, 0.2) is 0 Å². The van der Waals surface area contributed by atoms with Gasteiger partial charge >= 0.3 is 0 Å². The number of unbranched alkanes of at least 4 members (excludes halogenated alkanes) is 1. The summed E-state index contributed by atoms with van der Waals surface area (Å²) in [6.45, 7) is 5.50. The summed E-state index contributed by atoms with van der Waals surface area (Å²) in [5.74, 6) is 0. The number of halogens is 2. The van der Waals surface area contributed by atoms with Gasteiger partial charge in [0.2, 0.25) is 0 Å². The van der Waals surface area contributed by atoms with E-state index < -0.39 is 0 Å². The van der Waals surface area contributed by atoms with Crippen LogP contribution in [-0.2, 0) is 0 Å². The van der Waals surface area contributed by atoms with Crippen LogP contribution in [0.15, 0.2) is 18.2 Å². The van der Waals surface area contributed by atoms with E-state index in [2.05, 4.69) is 60.0 Å². The molecule has 0 spiro atoms. The van der Waals surface area contributed by atoms with Gasteiger partial charge in [-0.1, -0.05) is 44.4 Å². The van der Waals surface area contributed by atoms with Crippen molar-refractivity contribution in [1.82, 2.24) is 5.32 Å². The third-order valence-electron chi connectivity index (χ3n) is 2.83. The third-order valence-corrected chi connectivity index (χ3v) is 4.41. The van der Waals surface area contributed by atoms with Crippen LogP contribution >= 0.6 is 34.2 Å². The zero-order valence-corrected chi connectivity index (χ0v) is 13.5. The summed E-state index contributed by atoms with van der Waals surface area (Å²) in [5.41, 5.74) is 1.32. The predicted octanol–water partition coefficient (Wildman–Crippen LogP) is 5.18. The summed E-state index contributed by atoms with van der Waals surface area (Å²) >= 11 is 8.46. The van der Waals surface area contributed by atoms with Gasteiger partial charge in [0.05, 0.1) is 5.02 Å². The van der Waals surface area contributed by atoms with Gasteiger partial charge in [0, 0.05) is 9.61 Å². The molecule has 1 atom stereocenters. The second-order valence-electron chi connectivity index (χ2n) is 4.32. The molecule has 0 saturated heterocycles. The quantitative estimate of drug-likeness (QED) is 0.657. The maximum atomic E-state index is 6.19. The summed E-state index contributed by atoms with van der Waals surface area (Å²) in [4.78, 5) is 0. The number of benzene rings is 1. The molecule has 0 radical (unpaired) electrons. The van der Waals surface area contributed by atoms with E-state index in [0.29, 0.717) is 6.04 Å². The topological polar surface area (TPSA) is 12.0 Å². The molecule has 3 heteroatoms. The Labute approximate surface area is 123 Å². The molecule has 1 nitrogen and oxygen atoms in total. The number of rotatable bonds is 7. The fourth-order valence-corrected chi connectivity index (χ4v) is 2.37. The van der Waals surface area contributed by atoms with Crippen molar-refractivity contribution in [2.75, 3.05) is 6.54 Å². The summed E-state index contributed by atoms with van der Waals surface area (Å²) in [6, 6.07) is 6.85. The maximum absolute atomic E-state index is 6.19. The lowest BCUT2D eigenvalue weighted by Gasteiger charge is -2.19. The lowest BCUT2D eigenvalue weighted by Crippen LogP contribution is -2.22. The molecule has 0 aliphatic heterocycles. The Morgan fingerprint density at radius 2 is 2.06 bits per heavy atom. The molecule has 1 aromatic rings. The number of hydrogen-bond donors (Lipinski definition) is 1. The van der Waals surface area contributed by atoms with Gasteiger partial charge in [-0.3, -0.25) is 0 Å². The molecule has 0 amide bonds. The molecular weight excluding hydrogens is 345 g/mol. The van der Waals surface area contributed by atoms with E-state index in [0.717, 1.165) is 15.1 Å².